The Morgan fingerprint density at radius 1 is 0.381 bits per heavy atom. The van der Waals surface area contributed by atoms with Gasteiger partial charge in [0.2, 0.25) is 0 Å². The van der Waals surface area contributed by atoms with E-state index in [0.29, 0.717) is 0 Å². The lowest BCUT2D eigenvalue weighted by Gasteiger charge is -2.11. The maximum absolute atomic E-state index is 9.77. The van der Waals surface area contributed by atoms with Gasteiger partial charge in [0.25, 0.3) is 0 Å². The number of benzene rings is 4. The van der Waals surface area contributed by atoms with Crippen LogP contribution >= 0.6 is 0 Å². The zero-order valence-electron chi connectivity index (χ0n) is 11.0. The van der Waals surface area contributed by atoms with E-state index in [1.54, 1.807) is 36.4 Å². The molecule has 3 heteroatoms. The predicted molar refractivity (Wildman–Crippen MR) is 84.0 cm³/mol. The Labute approximate surface area is 120 Å². The van der Waals surface area contributed by atoms with Gasteiger partial charge in [-0.05, 0) is 68.7 Å². The van der Waals surface area contributed by atoms with Gasteiger partial charge in [-0.1, -0.05) is 18.2 Å². The van der Waals surface area contributed by atoms with E-state index in [4.69, 9.17) is 0 Å². The Balaban J connectivity index is 2.39. The smallest absolute Gasteiger partial charge is 0.116 e. The number of rotatable bonds is 0. The van der Waals surface area contributed by atoms with Crippen LogP contribution in [0.4, 0.5) is 0 Å². The molecule has 0 saturated heterocycles. The summed E-state index contributed by atoms with van der Waals surface area (Å²) in [5.41, 5.74) is 0. The van der Waals surface area contributed by atoms with E-state index in [0.717, 1.165) is 32.3 Å². The largest absolute Gasteiger partial charge is 0.508 e. The summed E-state index contributed by atoms with van der Waals surface area (Å²) in [6.45, 7) is 0. The van der Waals surface area contributed by atoms with Gasteiger partial charge in [0.05, 0.1) is 0 Å². The molecule has 0 unspecified atom stereocenters. The number of fused-ring (bicyclic) bond motifs is 6. The quantitative estimate of drug-likeness (QED) is 0.420. The van der Waals surface area contributed by atoms with Crippen LogP contribution in [0.25, 0.3) is 32.3 Å². The van der Waals surface area contributed by atoms with Crippen molar-refractivity contribution in [3.63, 3.8) is 0 Å². The minimum Gasteiger partial charge on any atom is -0.508 e. The standard InChI is InChI=1S/C18H12O3/c19-10-1-4-13-16(7-10)14-5-2-12(21)9-18(14)15-6-3-11(20)8-17(13)15/h1-9,19-21H. The summed E-state index contributed by atoms with van der Waals surface area (Å²) >= 11 is 0. The van der Waals surface area contributed by atoms with Crippen molar-refractivity contribution in [3.8, 4) is 17.2 Å². The maximum Gasteiger partial charge on any atom is 0.116 e. The summed E-state index contributed by atoms with van der Waals surface area (Å²) in [5, 5.41) is 34.9. The lowest BCUT2D eigenvalue weighted by molar-refractivity contribution is 0.476. The van der Waals surface area contributed by atoms with Crippen LogP contribution in [0.3, 0.4) is 0 Å². The molecule has 0 aliphatic heterocycles. The summed E-state index contributed by atoms with van der Waals surface area (Å²) in [6, 6.07) is 15.6. The van der Waals surface area contributed by atoms with Gasteiger partial charge in [0, 0.05) is 0 Å². The molecule has 0 fully saturated rings. The second kappa shape index (κ2) is 4.03. The van der Waals surface area contributed by atoms with Crippen LogP contribution in [-0.4, -0.2) is 15.3 Å². The molecule has 0 aromatic heterocycles. The molecule has 102 valence electrons. The minimum atomic E-state index is 0.191. The van der Waals surface area contributed by atoms with Crippen molar-refractivity contribution in [2.45, 2.75) is 0 Å². The molecule has 3 N–H and O–H groups in total. The van der Waals surface area contributed by atoms with Crippen LogP contribution in [0.15, 0.2) is 54.6 Å². The van der Waals surface area contributed by atoms with E-state index in [1.807, 2.05) is 18.2 Å². The van der Waals surface area contributed by atoms with Gasteiger partial charge in [0.15, 0.2) is 0 Å². The molecule has 0 aliphatic carbocycles. The fraction of sp³-hybridized carbons (Fsp3) is 0. The monoisotopic (exact) mass is 276 g/mol. The molecule has 0 bridgehead atoms. The first-order chi connectivity index (χ1) is 10.1. The summed E-state index contributed by atoms with van der Waals surface area (Å²) in [5.74, 6) is 0.573. The second-order valence-electron chi connectivity index (χ2n) is 5.19. The van der Waals surface area contributed by atoms with Crippen LogP contribution in [0.5, 0.6) is 17.2 Å². The molecule has 4 aromatic carbocycles. The molecule has 3 nitrogen and oxygen atoms in total. The molecule has 0 aliphatic rings. The fourth-order valence-electron chi connectivity index (χ4n) is 2.97. The third-order valence-corrected chi connectivity index (χ3v) is 3.88. The lowest BCUT2D eigenvalue weighted by Crippen LogP contribution is -1.83. The first-order valence-corrected chi connectivity index (χ1v) is 6.63. The van der Waals surface area contributed by atoms with Gasteiger partial charge in [-0.15, -0.1) is 0 Å². The highest BCUT2D eigenvalue weighted by Gasteiger charge is 2.10. The van der Waals surface area contributed by atoms with Crippen molar-refractivity contribution >= 4 is 32.3 Å². The van der Waals surface area contributed by atoms with E-state index in [-0.39, 0.29) is 17.2 Å². The van der Waals surface area contributed by atoms with Crippen LogP contribution < -0.4 is 0 Å². The summed E-state index contributed by atoms with van der Waals surface area (Å²) in [4.78, 5) is 0. The maximum atomic E-state index is 9.77. The van der Waals surface area contributed by atoms with Crippen molar-refractivity contribution in [2.75, 3.05) is 0 Å². The third kappa shape index (κ3) is 1.68. The third-order valence-electron chi connectivity index (χ3n) is 3.88. The van der Waals surface area contributed by atoms with Crippen LogP contribution in [0.2, 0.25) is 0 Å². The number of hydrogen-bond acceptors (Lipinski definition) is 3. The molecule has 0 radical (unpaired) electrons. The lowest BCUT2D eigenvalue weighted by atomic mass is 9.94. The van der Waals surface area contributed by atoms with Crippen LogP contribution in [0.1, 0.15) is 0 Å². The zero-order valence-corrected chi connectivity index (χ0v) is 11.0. The average Bonchev–Trinajstić information content (AvgIpc) is 2.46. The highest BCUT2D eigenvalue weighted by molar-refractivity contribution is 6.25. The van der Waals surface area contributed by atoms with Gasteiger partial charge in [-0.2, -0.15) is 0 Å². The van der Waals surface area contributed by atoms with Crippen molar-refractivity contribution < 1.29 is 15.3 Å². The van der Waals surface area contributed by atoms with Gasteiger partial charge >= 0.3 is 0 Å². The predicted octanol–water partition coefficient (Wildman–Crippen LogP) is 4.26. The summed E-state index contributed by atoms with van der Waals surface area (Å²) < 4.78 is 0. The van der Waals surface area contributed by atoms with Gasteiger partial charge in [0.1, 0.15) is 17.2 Å². The molecule has 0 spiro atoms. The highest BCUT2D eigenvalue weighted by Crippen LogP contribution is 2.38. The SMILES string of the molecule is Oc1ccc2c(c1)c1ccc(O)cc1c1ccc(O)cc21. The Kier molecular flexibility index (Phi) is 2.27. The number of hydrogen-bond donors (Lipinski definition) is 3. The second-order valence-corrected chi connectivity index (χ2v) is 5.19. The van der Waals surface area contributed by atoms with Crippen molar-refractivity contribution in [1.29, 1.82) is 0 Å². The molecule has 0 amide bonds. The van der Waals surface area contributed by atoms with E-state index >= 15 is 0 Å². The van der Waals surface area contributed by atoms with Crippen molar-refractivity contribution in [1.82, 2.24) is 0 Å². The highest BCUT2D eigenvalue weighted by atomic mass is 16.3. The molecule has 4 rings (SSSR count). The molecule has 4 aromatic rings. The van der Waals surface area contributed by atoms with Crippen molar-refractivity contribution in [2.24, 2.45) is 0 Å². The number of aromatic hydroxyl groups is 3. The minimum absolute atomic E-state index is 0.191. The van der Waals surface area contributed by atoms with E-state index in [1.165, 1.54) is 0 Å². The fourth-order valence-corrected chi connectivity index (χ4v) is 2.97. The molecular formula is C18H12O3. The average molecular weight is 276 g/mol. The van der Waals surface area contributed by atoms with E-state index in [9.17, 15) is 15.3 Å². The number of phenols is 3. The van der Waals surface area contributed by atoms with Crippen LogP contribution in [-0.2, 0) is 0 Å². The number of phenolic OH excluding ortho intramolecular Hbond substituents is 3. The zero-order chi connectivity index (χ0) is 14.6. The first-order valence-electron chi connectivity index (χ1n) is 6.63. The Morgan fingerprint density at radius 3 is 0.952 bits per heavy atom. The Bertz CT molecular complexity index is 856. The van der Waals surface area contributed by atoms with E-state index < -0.39 is 0 Å². The van der Waals surface area contributed by atoms with Gasteiger partial charge in [-0.3, -0.25) is 0 Å². The molecule has 0 atom stereocenters. The topological polar surface area (TPSA) is 60.7 Å². The molecule has 21 heavy (non-hydrogen) atoms. The Hall–Kier alpha value is -2.94. The van der Waals surface area contributed by atoms with E-state index in [2.05, 4.69) is 0 Å². The van der Waals surface area contributed by atoms with Gasteiger partial charge < -0.3 is 15.3 Å². The summed E-state index contributed by atoms with van der Waals surface area (Å²) in [6.07, 6.45) is 0. The molecule has 0 heterocycles. The van der Waals surface area contributed by atoms with Gasteiger partial charge in [-0.25, -0.2) is 0 Å². The normalized spacial score (nSPS) is 11.4. The Morgan fingerprint density at radius 2 is 0.667 bits per heavy atom. The molecule has 0 saturated carbocycles. The molecular weight excluding hydrogens is 264 g/mol. The van der Waals surface area contributed by atoms with Crippen LogP contribution in [0, 0.1) is 0 Å². The van der Waals surface area contributed by atoms with Crippen molar-refractivity contribution in [3.05, 3.63) is 54.6 Å². The first kappa shape index (κ1) is 11.9. The summed E-state index contributed by atoms with van der Waals surface area (Å²) in [7, 11) is 0.